The summed E-state index contributed by atoms with van der Waals surface area (Å²) in [6.07, 6.45) is 5.77. The van der Waals surface area contributed by atoms with Gasteiger partial charge in [0.25, 0.3) is 11.8 Å². The van der Waals surface area contributed by atoms with Crippen LogP contribution in [0, 0.1) is 0 Å². The molecule has 1 atom stereocenters. The first-order valence-corrected chi connectivity index (χ1v) is 10.2. The van der Waals surface area contributed by atoms with E-state index >= 15 is 0 Å². The number of piperidine rings is 1. The first-order valence-electron chi connectivity index (χ1n) is 10.2. The summed E-state index contributed by atoms with van der Waals surface area (Å²) in [5.41, 5.74) is 0.643. The zero-order valence-electron chi connectivity index (χ0n) is 15.9. The molecule has 0 aromatic heterocycles. The Bertz CT molecular complexity index is 687. The molecule has 0 bridgehead atoms. The average molecular weight is 371 g/mol. The fourth-order valence-corrected chi connectivity index (χ4v) is 4.46. The summed E-state index contributed by atoms with van der Waals surface area (Å²) >= 11 is 0. The number of nitrogens with zero attached hydrogens (tertiary/aromatic N) is 3. The molecule has 0 radical (unpaired) electrons. The van der Waals surface area contributed by atoms with Crippen LogP contribution in [-0.4, -0.2) is 78.4 Å². The molecule has 3 aliphatic rings. The predicted octanol–water partition coefficient (Wildman–Crippen LogP) is 2.00. The van der Waals surface area contributed by atoms with Gasteiger partial charge in [-0.3, -0.25) is 14.5 Å². The number of carbonyl (C=O) groups excluding carboxylic acids is 2. The molecule has 1 aromatic carbocycles. The molecule has 0 saturated carbocycles. The number of hydrogen-bond acceptors (Lipinski definition) is 4. The molecule has 4 rings (SSSR count). The molecule has 6 nitrogen and oxygen atoms in total. The van der Waals surface area contributed by atoms with Gasteiger partial charge in [-0.15, -0.1) is 0 Å². The number of rotatable bonds is 4. The Labute approximate surface area is 161 Å². The van der Waals surface area contributed by atoms with Crippen molar-refractivity contribution in [3.05, 3.63) is 29.8 Å². The van der Waals surface area contributed by atoms with Crippen LogP contribution < -0.4 is 4.74 Å². The highest BCUT2D eigenvalue weighted by Gasteiger charge is 2.32. The molecule has 27 heavy (non-hydrogen) atoms. The molecule has 0 spiro atoms. The van der Waals surface area contributed by atoms with Gasteiger partial charge in [0.1, 0.15) is 5.75 Å². The number of carbonyl (C=O) groups is 2. The van der Waals surface area contributed by atoms with Crippen LogP contribution in [0.2, 0.25) is 0 Å². The van der Waals surface area contributed by atoms with E-state index in [0.29, 0.717) is 17.4 Å². The summed E-state index contributed by atoms with van der Waals surface area (Å²) in [6.45, 7) is 5.43. The van der Waals surface area contributed by atoms with Crippen LogP contribution in [0.25, 0.3) is 0 Å². The van der Waals surface area contributed by atoms with Gasteiger partial charge in [0.15, 0.2) is 6.61 Å². The quantitative estimate of drug-likeness (QED) is 0.812. The molecule has 3 aliphatic heterocycles. The second-order valence-electron chi connectivity index (χ2n) is 7.84. The van der Waals surface area contributed by atoms with Crippen molar-refractivity contribution in [2.45, 2.75) is 38.1 Å². The average Bonchev–Trinajstić information content (AvgIpc) is 3.20. The first-order chi connectivity index (χ1) is 13.2. The minimum absolute atomic E-state index is 0.0313. The molecule has 3 fully saturated rings. The predicted molar refractivity (Wildman–Crippen MR) is 103 cm³/mol. The van der Waals surface area contributed by atoms with Gasteiger partial charge in [-0.1, -0.05) is 6.07 Å². The van der Waals surface area contributed by atoms with Crippen molar-refractivity contribution in [3.63, 3.8) is 0 Å². The van der Waals surface area contributed by atoms with Gasteiger partial charge >= 0.3 is 0 Å². The summed E-state index contributed by atoms with van der Waals surface area (Å²) in [4.78, 5) is 31.5. The molecule has 6 heteroatoms. The lowest BCUT2D eigenvalue weighted by atomic mass is 10.1. The summed E-state index contributed by atoms with van der Waals surface area (Å²) in [5, 5.41) is 0. The SMILES string of the molecule is O=C(COc1cccc(C(=O)N2CCN3CCC[C@H]3C2)c1)N1CCCCC1. The van der Waals surface area contributed by atoms with E-state index in [9.17, 15) is 9.59 Å². The minimum Gasteiger partial charge on any atom is -0.484 e. The van der Waals surface area contributed by atoms with Crippen LogP contribution in [-0.2, 0) is 4.79 Å². The van der Waals surface area contributed by atoms with Gasteiger partial charge < -0.3 is 14.5 Å². The molecule has 3 heterocycles. The van der Waals surface area contributed by atoms with Crippen LogP contribution in [0.5, 0.6) is 5.75 Å². The van der Waals surface area contributed by atoms with Crippen molar-refractivity contribution in [1.29, 1.82) is 0 Å². The second kappa shape index (κ2) is 8.30. The van der Waals surface area contributed by atoms with Crippen LogP contribution in [0.1, 0.15) is 42.5 Å². The van der Waals surface area contributed by atoms with E-state index in [-0.39, 0.29) is 18.4 Å². The topological polar surface area (TPSA) is 53.1 Å². The Morgan fingerprint density at radius 2 is 1.81 bits per heavy atom. The monoisotopic (exact) mass is 371 g/mol. The highest BCUT2D eigenvalue weighted by atomic mass is 16.5. The van der Waals surface area contributed by atoms with E-state index in [1.807, 2.05) is 28.0 Å². The number of hydrogen-bond donors (Lipinski definition) is 0. The molecule has 0 aliphatic carbocycles. The Morgan fingerprint density at radius 1 is 0.963 bits per heavy atom. The van der Waals surface area contributed by atoms with Gasteiger partial charge in [-0.25, -0.2) is 0 Å². The third-order valence-electron chi connectivity index (χ3n) is 6.03. The maximum atomic E-state index is 12.9. The fourth-order valence-electron chi connectivity index (χ4n) is 4.46. The van der Waals surface area contributed by atoms with Gasteiger partial charge in [0.05, 0.1) is 0 Å². The maximum absolute atomic E-state index is 12.9. The molecule has 3 saturated heterocycles. The van der Waals surface area contributed by atoms with Crippen molar-refractivity contribution in [2.24, 2.45) is 0 Å². The number of likely N-dealkylation sites (tertiary alicyclic amines) is 1. The maximum Gasteiger partial charge on any atom is 0.260 e. The van der Waals surface area contributed by atoms with E-state index in [0.717, 1.165) is 45.6 Å². The highest BCUT2D eigenvalue weighted by molar-refractivity contribution is 5.94. The summed E-state index contributed by atoms with van der Waals surface area (Å²) in [6, 6.07) is 7.77. The molecule has 2 amide bonds. The number of amides is 2. The summed E-state index contributed by atoms with van der Waals surface area (Å²) in [5.74, 6) is 0.684. The van der Waals surface area contributed by atoms with E-state index in [1.54, 1.807) is 6.07 Å². The smallest absolute Gasteiger partial charge is 0.260 e. The molecule has 0 N–H and O–H groups in total. The zero-order valence-corrected chi connectivity index (χ0v) is 15.9. The van der Waals surface area contributed by atoms with E-state index < -0.39 is 0 Å². The van der Waals surface area contributed by atoms with E-state index in [1.165, 1.54) is 25.8 Å². The van der Waals surface area contributed by atoms with Gasteiger partial charge in [-0.2, -0.15) is 0 Å². The number of piperazine rings is 1. The molecular formula is C21H29N3O3. The van der Waals surface area contributed by atoms with Crippen molar-refractivity contribution in [3.8, 4) is 5.75 Å². The lowest BCUT2D eigenvalue weighted by Crippen LogP contribution is -2.52. The van der Waals surface area contributed by atoms with Crippen molar-refractivity contribution in [2.75, 3.05) is 45.9 Å². The van der Waals surface area contributed by atoms with Crippen LogP contribution in [0.4, 0.5) is 0 Å². The third kappa shape index (κ3) is 4.26. The van der Waals surface area contributed by atoms with Crippen molar-refractivity contribution in [1.82, 2.24) is 14.7 Å². The lowest BCUT2D eigenvalue weighted by Gasteiger charge is -2.37. The van der Waals surface area contributed by atoms with Crippen LogP contribution >= 0.6 is 0 Å². The summed E-state index contributed by atoms with van der Waals surface area (Å²) < 4.78 is 5.70. The fraction of sp³-hybridized carbons (Fsp3) is 0.619. The Kier molecular flexibility index (Phi) is 5.62. The van der Waals surface area contributed by atoms with E-state index in [2.05, 4.69) is 4.90 Å². The molecular weight excluding hydrogens is 342 g/mol. The Hall–Kier alpha value is -2.08. The number of ether oxygens (including phenoxy) is 1. The third-order valence-corrected chi connectivity index (χ3v) is 6.03. The molecule has 1 aromatic rings. The lowest BCUT2D eigenvalue weighted by molar-refractivity contribution is -0.134. The summed E-state index contributed by atoms with van der Waals surface area (Å²) in [7, 11) is 0. The highest BCUT2D eigenvalue weighted by Crippen LogP contribution is 2.23. The molecule has 146 valence electrons. The largest absolute Gasteiger partial charge is 0.484 e. The molecule has 0 unspecified atom stereocenters. The van der Waals surface area contributed by atoms with Gasteiger partial charge in [-0.05, 0) is 56.8 Å². The van der Waals surface area contributed by atoms with Crippen molar-refractivity contribution < 1.29 is 14.3 Å². The number of benzene rings is 1. The van der Waals surface area contributed by atoms with Crippen LogP contribution in [0.3, 0.4) is 0 Å². The zero-order chi connectivity index (χ0) is 18.6. The number of fused-ring (bicyclic) bond motifs is 1. The van der Waals surface area contributed by atoms with Crippen molar-refractivity contribution >= 4 is 11.8 Å². The minimum atomic E-state index is 0.0313. The van der Waals surface area contributed by atoms with Gasteiger partial charge in [0.2, 0.25) is 0 Å². The first kappa shape index (κ1) is 18.3. The van der Waals surface area contributed by atoms with Crippen LogP contribution in [0.15, 0.2) is 24.3 Å². The Balaban J connectivity index is 1.34. The van der Waals surface area contributed by atoms with Gasteiger partial charge in [0, 0.05) is 44.3 Å². The normalized spacial score (nSPS) is 23.2. The van der Waals surface area contributed by atoms with E-state index in [4.69, 9.17) is 4.74 Å². The Morgan fingerprint density at radius 3 is 2.67 bits per heavy atom. The second-order valence-corrected chi connectivity index (χ2v) is 7.84. The standard InChI is InChI=1S/C21H29N3O3/c25-20(23-9-2-1-3-10-23)16-27-19-8-4-6-17(14-19)21(26)24-13-12-22-11-5-7-18(22)15-24/h4,6,8,14,18H,1-3,5,7,9-13,15-16H2/t18-/m0/s1.